The summed E-state index contributed by atoms with van der Waals surface area (Å²) in [6.45, 7) is 2.42. The highest BCUT2D eigenvalue weighted by molar-refractivity contribution is 6.00. The van der Waals surface area contributed by atoms with Crippen molar-refractivity contribution in [1.29, 1.82) is 0 Å². The van der Waals surface area contributed by atoms with E-state index in [0.29, 0.717) is 0 Å². The molecule has 12 rings (SSSR count). The fraction of sp³-hybridized carbons (Fsp3) is 0.0323. The lowest BCUT2D eigenvalue weighted by atomic mass is 9.72. The van der Waals surface area contributed by atoms with Crippen LogP contribution in [0, 0.1) is 0 Å². The van der Waals surface area contributed by atoms with Gasteiger partial charge < -0.3 is 4.90 Å². The molecule has 1 nitrogen and oxygen atoms in total. The topological polar surface area (TPSA) is 3.24 Å². The number of anilines is 3. The Morgan fingerprint density at radius 1 is 0.286 bits per heavy atom. The van der Waals surface area contributed by atoms with Crippen LogP contribution >= 0.6 is 0 Å². The van der Waals surface area contributed by atoms with Gasteiger partial charge in [0.1, 0.15) is 0 Å². The van der Waals surface area contributed by atoms with Crippen LogP contribution in [0.3, 0.4) is 0 Å². The van der Waals surface area contributed by atoms with Gasteiger partial charge in [0.25, 0.3) is 0 Å². The van der Waals surface area contributed by atoms with Gasteiger partial charge in [0, 0.05) is 22.5 Å². The molecule has 0 fully saturated rings. The van der Waals surface area contributed by atoms with Crippen molar-refractivity contribution in [2.24, 2.45) is 0 Å². The van der Waals surface area contributed by atoms with Crippen molar-refractivity contribution in [3.05, 3.63) is 259 Å². The minimum Gasteiger partial charge on any atom is -0.310 e. The molecule has 0 amide bonds. The van der Waals surface area contributed by atoms with Crippen molar-refractivity contribution in [2.45, 2.75) is 12.3 Å². The summed E-state index contributed by atoms with van der Waals surface area (Å²) in [7, 11) is 0. The third-order valence-corrected chi connectivity index (χ3v) is 13.5. The van der Waals surface area contributed by atoms with E-state index in [2.05, 4.69) is 254 Å². The van der Waals surface area contributed by atoms with Crippen molar-refractivity contribution >= 4 is 49.4 Å². The summed E-state index contributed by atoms with van der Waals surface area (Å²) >= 11 is 0. The minimum atomic E-state index is -0.329. The summed E-state index contributed by atoms with van der Waals surface area (Å²) in [6.07, 6.45) is 0. The summed E-state index contributed by atoms with van der Waals surface area (Å²) in [5, 5.41) is 7.57. The molecule has 0 saturated carbocycles. The molecule has 0 N–H and O–H groups in total. The van der Waals surface area contributed by atoms with Crippen molar-refractivity contribution in [1.82, 2.24) is 0 Å². The van der Waals surface area contributed by atoms with Crippen LogP contribution < -0.4 is 4.90 Å². The molecule has 11 aromatic carbocycles. The largest absolute Gasteiger partial charge is 0.310 e. The van der Waals surface area contributed by atoms with Gasteiger partial charge in [-0.2, -0.15) is 0 Å². The summed E-state index contributed by atoms with van der Waals surface area (Å²) in [6, 6.07) is 89.3. The Hall–Kier alpha value is -8.00. The Kier molecular flexibility index (Phi) is 8.69. The van der Waals surface area contributed by atoms with Crippen LogP contribution in [-0.2, 0) is 5.41 Å². The third kappa shape index (κ3) is 6.00. The number of nitrogens with zero attached hydrogens (tertiary/aromatic N) is 1. The molecule has 1 aliphatic rings. The lowest BCUT2D eigenvalue weighted by molar-refractivity contribution is 0.721. The van der Waals surface area contributed by atoms with Gasteiger partial charge in [-0.3, -0.25) is 0 Å². The van der Waals surface area contributed by atoms with Crippen molar-refractivity contribution in [3.8, 4) is 44.5 Å². The summed E-state index contributed by atoms with van der Waals surface area (Å²) in [4.78, 5) is 2.40. The van der Waals surface area contributed by atoms with Gasteiger partial charge in [-0.05, 0) is 137 Å². The van der Waals surface area contributed by atoms with Gasteiger partial charge in [0.15, 0.2) is 0 Å². The molecule has 0 saturated heterocycles. The lowest BCUT2D eigenvalue weighted by Gasteiger charge is -2.30. The maximum atomic E-state index is 2.42. The molecule has 0 aliphatic heterocycles. The van der Waals surface area contributed by atoms with E-state index in [0.717, 1.165) is 17.1 Å². The molecule has 63 heavy (non-hydrogen) atoms. The highest BCUT2D eigenvalue weighted by Crippen LogP contribution is 2.56. The van der Waals surface area contributed by atoms with E-state index < -0.39 is 0 Å². The highest BCUT2D eigenvalue weighted by atomic mass is 15.1. The Morgan fingerprint density at radius 3 is 1.35 bits per heavy atom. The fourth-order valence-corrected chi connectivity index (χ4v) is 10.5. The SMILES string of the molecule is CC1(c2cccc3ccccc23)c2ccccc2-c2c(-c3cccc(N(c4ccc(-c5cccc6ccccc56)cc4)c4ccc(-c5cccc6ccccc56)cc4)c3)cccc21. The number of benzene rings is 11. The van der Waals surface area contributed by atoms with Crippen molar-refractivity contribution < 1.29 is 0 Å². The van der Waals surface area contributed by atoms with Crippen molar-refractivity contribution in [3.63, 3.8) is 0 Å². The Morgan fingerprint density at radius 2 is 0.714 bits per heavy atom. The van der Waals surface area contributed by atoms with Crippen molar-refractivity contribution in [2.75, 3.05) is 4.90 Å². The molecule has 0 radical (unpaired) electrons. The van der Waals surface area contributed by atoms with Gasteiger partial charge in [-0.15, -0.1) is 0 Å². The molecule has 0 aromatic heterocycles. The molecular weight excluding hydrogens is 759 g/mol. The highest BCUT2D eigenvalue weighted by Gasteiger charge is 2.42. The van der Waals surface area contributed by atoms with Crippen LogP contribution in [0.2, 0.25) is 0 Å². The number of hydrogen-bond acceptors (Lipinski definition) is 1. The lowest BCUT2D eigenvalue weighted by Crippen LogP contribution is -2.22. The zero-order valence-electron chi connectivity index (χ0n) is 35.0. The quantitative estimate of drug-likeness (QED) is 0.155. The maximum absolute atomic E-state index is 2.42. The van der Waals surface area contributed by atoms with E-state index in [1.165, 1.54) is 93.5 Å². The number of rotatable bonds is 7. The van der Waals surface area contributed by atoms with Gasteiger partial charge in [0.05, 0.1) is 0 Å². The standard InChI is InChI=1S/C62H43N/c1-62(58-31-13-20-44-17-4-7-25-55(44)58)59-30-9-8-26-57(59)61-56(29-14-32-60(61)62)47-21-10-22-50(41-47)63(48-37-33-45(34-38-48)53-27-11-18-42-15-2-5-23-51(42)53)49-39-35-46(36-40-49)54-28-12-19-43-16-3-6-24-52(43)54/h2-41H,1H3. The Balaban J connectivity index is 1.00. The first-order valence-corrected chi connectivity index (χ1v) is 21.9. The monoisotopic (exact) mass is 801 g/mol. The van der Waals surface area contributed by atoms with Crippen LogP contribution in [0.1, 0.15) is 23.6 Å². The molecule has 0 spiro atoms. The van der Waals surface area contributed by atoms with E-state index in [1.54, 1.807) is 0 Å². The normalized spacial score (nSPS) is 14.2. The molecule has 0 bridgehead atoms. The molecule has 1 heteroatoms. The van der Waals surface area contributed by atoms with E-state index in [4.69, 9.17) is 0 Å². The Bertz CT molecular complexity index is 3390. The van der Waals surface area contributed by atoms with Crippen LogP contribution in [0.25, 0.3) is 76.8 Å². The van der Waals surface area contributed by atoms with E-state index in [1.807, 2.05) is 0 Å². The first kappa shape index (κ1) is 36.8. The average Bonchev–Trinajstić information content (AvgIpc) is 3.62. The number of fused-ring (bicyclic) bond motifs is 6. The molecule has 1 aliphatic carbocycles. The first-order chi connectivity index (χ1) is 31.1. The summed E-state index contributed by atoms with van der Waals surface area (Å²) < 4.78 is 0. The fourth-order valence-electron chi connectivity index (χ4n) is 10.5. The third-order valence-electron chi connectivity index (χ3n) is 13.5. The molecule has 0 heterocycles. The predicted octanol–water partition coefficient (Wildman–Crippen LogP) is 17.0. The van der Waals surface area contributed by atoms with E-state index in [-0.39, 0.29) is 5.41 Å². The second kappa shape index (κ2) is 14.9. The zero-order chi connectivity index (χ0) is 41.9. The summed E-state index contributed by atoms with van der Waals surface area (Å²) in [5.41, 5.74) is 16.9. The van der Waals surface area contributed by atoms with Gasteiger partial charge in [0.2, 0.25) is 0 Å². The minimum absolute atomic E-state index is 0.329. The van der Waals surface area contributed by atoms with E-state index >= 15 is 0 Å². The summed E-state index contributed by atoms with van der Waals surface area (Å²) in [5.74, 6) is 0. The zero-order valence-corrected chi connectivity index (χ0v) is 35.0. The van der Waals surface area contributed by atoms with Gasteiger partial charge in [-0.25, -0.2) is 0 Å². The molecule has 1 unspecified atom stereocenters. The van der Waals surface area contributed by atoms with Crippen LogP contribution in [-0.4, -0.2) is 0 Å². The second-order valence-electron chi connectivity index (χ2n) is 17.0. The predicted molar refractivity (Wildman–Crippen MR) is 267 cm³/mol. The Labute approximate surface area is 368 Å². The van der Waals surface area contributed by atoms with Crippen LogP contribution in [0.4, 0.5) is 17.1 Å². The van der Waals surface area contributed by atoms with Crippen LogP contribution in [0.15, 0.2) is 243 Å². The molecule has 1 atom stereocenters. The molecule has 296 valence electrons. The molecular formula is C62H43N. The first-order valence-electron chi connectivity index (χ1n) is 21.9. The average molecular weight is 802 g/mol. The second-order valence-corrected chi connectivity index (χ2v) is 17.0. The smallest absolute Gasteiger partial charge is 0.0467 e. The molecule has 11 aromatic rings. The van der Waals surface area contributed by atoms with Crippen LogP contribution in [0.5, 0.6) is 0 Å². The van der Waals surface area contributed by atoms with Gasteiger partial charge in [-0.1, -0.05) is 206 Å². The maximum Gasteiger partial charge on any atom is 0.0467 e. The van der Waals surface area contributed by atoms with Gasteiger partial charge >= 0.3 is 0 Å². The van der Waals surface area contributed by atoms with E-state index in [9.17, 15) is 0 Å². The number of hydrogen-bond donors (Lipinski definition) is 0.